The molecule has 0 spiro atoms. The molecule has 0 aromatic heterocycles. The molecule has 2 unspecified atom stereocenters. The van der Waals surface area contributed by atoms with Crippen molar-refractivity contribution in [3.63, 3.8) is 0 Å². The van der Waals surface area contributed by atoms with Crippen LogP contribution in [0.15, 0.2) is 174 Å². The van der Waals surface area contributed by atoms with Gasteiger partial charge in [0.05, 0.1) is 23.1 Å². The van der Waals surface area contributed by atoms with Gasteiger partial charge in [0.25, 0.3) is 0 Å². The molecular weight excluding hydrogens is 889 g/mol. The zero-order valence-electron chi connectivity index (χ0n) is 32.9. The van der Waals surface area contributed by atoms with Gasteiger partial charge in [-0.15, -0.1) is 6.04 Å². The van der Waals surface area contributed by atoms with Crippen molar-refractivity contribution >= 4 is 36.2 Å². The molecule has 0 amide bonds. The van der Waals surface area contributed by atoms with Crippen molar-refractivity contribution in [2.24, 2.45) is 0 Å². The predicted molar refractivity (Wildman–Crippen MR) is 230 cm³/mol. The molecule has 1 aliphatic rings. The minimum Gasteiger partial charge on any atom is -0.700 e. The van der Waals surface area contributed by atoms with Gasteiger partial charge in [-0.3, -0.25) is 0 Å². The van der Waals surface area contributed by atoms with Gasteiger partial charge in [0.15, 0.2) is 0 Å². The summed E-state index contributed by atoms with van der Waals surface area (Å²) in [6.07, 6.45) is 11.0. The Morgan fingerprint density at radius 3 is 1.90 bits per heavy atom. The Balaban J connectivity index is -0.000000963. The molecule has 0 aliphatic carbocycles. The first-order valence-corrected chi connectivity index (χ1v) is 17.6. The van der Waals surface area contributed by atoms with E-state index in [4.69, 9.17) is 38.4 Å². The molecule has 1 aromatic rings. The van der Waals surface area contributed by atoms with Crippen LogP contribution in [-0.2, 0) is 46.5 Å². The molecule has 60 heavy (non-hydrogen) atoms. The summed E-state index contributed by atoms with van der Waals surface area (Å²) in [4.78, 5) is 34.9. The minimum absolute atomic E-state index is 0. The number of carboxylic acids is 3. The molecule has 2 atom stereocenters. The number of nitriles is 1. The summed E-state index contributed by atoms with van der Waals surface area (Å²) < 4.78 is 37.3. The van der Waals surface area contributed by atoms with Crippen molar-refractivity contribution in [1.82, 2.24) is 0 Å². The first-order chi connectivity index (χ1) is 27.8. The SMILES string of the molecule is C=C/C(=C\C([NH-])C\C=C(/C=C([NH-])/C([NH-])=C/C(=C\C)C(=O)O)C(=O)O)C(=O)O.C=C/C=C(\C=C)N(c1ccccc1)C1C=CC=C(/C([NH-])=C\CC(F)(F)F)[N-]1.CC.N#C[S-].[Ru+6]. The molecule has 0 bridgehead atoms. The molecule has 320 valence electrons. The van der Waals surface area contributed by atoms with Crippen molar-refractivity contribution in [3.05, 3.63) is 203 Å². The predicted octanol–water partition coefficient (Wildman–Crippen LogP) is 11.7. The van der Waals surface area contributed by atoms with E-state index in [1.54, 1.807) is 30.4 Å². The summed E-state index contributed by atoms with van der Waals surface area (Å²) >= 11 is 3.70. The fourth-order valence-electron chi connectivity index (χ4n) is 4.22. The summed E-state index contributed by atoms with van der Waals surface area (Å²) in [6.45, 7) is 16.3. The molecule has 0 saturated carbocycles. The van der Waals surface area contributed by atoms with E-state index in [1.807, 2.05) is 49.1 Å². The number of para-hydroxylation sites is 1. The van der Waals surface area contributed by atoms with Crippen molar-refractivity contribution in [2.75, 3.05) is 4.90 Å². The van der Waals surface area contributed by atoms with Crippen molar-refractivity contribution < 1.29 is 62.4 Å². The number of thiocyanates is 1. The fourth-order valence-corrected chi connectivity index (χ4v) is 4.22. The number of carboxylic acid groups (broad SMARTS) is 3. The number of halogens is 3. The summed E-state index contributed by atoms with van der Waals surface area (Å²) in [5.41, 5.74) is 30.7. The zero-order valence-corrected chi connectivity index (χ0v) is 35.4. The van der Waals surface area contributed by atoms with Gasteiger partial charge < -0.3 is 61.1 Å². The maximum Gasteiger partial charge on any atom is 6.00 e. The molecule has 0 saturated heterocycles. The van der Waals surface area contributed by atoms with Gasteiger partial charge in [-0.1, -0.05) is 124 Å². The van der Waals surface area contributed by atoms with Gasteiger partial charge in [0.1, 0.15) is 0 Å². The molecule has 18 heteroatoms. The molecule has 2 rings (SSSR count). The number of alkyl halides is 3. The average Bonchev–Trinajstić information content (AvgIpc) is 3.20. The molecule has 13 nitrogen and oxygen atoms in total. The average molecular weight is 935 g/mol. The summed E-state index contributed by atoms with van der Waals surface area (Å²) in [5.74, 6) is -3.96. The van der Waals surface area contributed by atoms with Crippen LogP contribution in [-0.4, -0.2) is 51.6 Å². The quantitative estimate of drug-likeness (QED) is 0.0441. The van der Waals surface area contributed by atoms with Crippen LogP contribution < -0.4 is 4.90 Å². The standard InChI is InChI=1S/C21H20F3N3.C18H20N3O6.C2H6.CHNS.Ru/c1-3-9-16(4-2)27(17-10-6-5-7-11-17)20-13-8-12-19(26-20)18(25)14-15-21(22,23)24;1-3-10(16(22)23)7-13(19)6-5-12(18(26)27)9-15(21)14(20)8-11(4-2)17(24)25;1-2;2-1-3;/h3-14,20,25H,1-2,15H2;3-5,7-9,13,19-21H,1,6H2,2H3,(H,22,23)(H,24,25)(H,26,27);1-2H3;3H;/q-2;-3;;;+6/p-1/b16-9+,18-14+;10-7+,11-4+,12-5+,14-8-,15-9-;;;. The topological polar surface area (TPSA) is 248 Å². The number of allylic oxidation sites excluding steroid dienone is 7. The van der Waals surface area contributed by atoms with Gasteiger partial charge in [0.2, 0.25) is 0 Å². The van der Waals surface area contributed by atoms with Gasteiger partial charge in [-0.2, -0.15) is 36.0 Å². The van der Waals surface area contributed by atoms with E-state index in [0.717, 1.165) is 47.8 Å². The Labute approximate surface area is 367 Å². The number of hydrogen-bond donors (Lipinski definition) is 3. The van der Waals surface area contributed by atoms with E-state index in [2.05, 4.69) is 37.7 Å². The second-order valence-corrected chi connectivity index (χ2v) is 11.0. The van der Waals surface area contributed by atoms with Crippen LogP contribution in [0, 0.1) is 10.7 Å². The third kappa shape index (κ3) is 23.1. The summed E-state index contributed by atoms with van der Waals surface area (Å²) in [6, 6.07) is 8.36. The van der Waals surface area contributed by atoms with Gasteiger partial charge >= 0.3 is 43.6 Å². The number of rotatable bonds is 17. The second-order valence-electron chi connectivity index (χ2n) is 10.8. The Bertz CT molecular complexity index is 1950. The Kier molecular flexibility index (Phi) is 30.5. The molecule has 0 fully saturated rings. The van der Waals surface area contributed by atoms with Crippen molar-refractivity contribution in [2.45, 2.75) is 52.0 Å². The van der Waals surface area contributed by atoms with Crippen LogP contribution in [0.1, 0.15) is 33.6 Å². The first kappa shape index (κ1) is 57.9. The van der Waals surface area contributed by atoms with E-state index < -0.39 is 54.1 Å². The van der Waals surface area contributed by atoms with Crippen LogP contribution in [0.3, 0.4) is 0 Å². The number of nitrogens with zero attached hydrogens (tertiary/aromatic N) is 3. The monoisotopic (exact) mass is 935 g/mol. The van der Waals surface area contributed by atoms with Gasteiger partial charge in [-0.25, -0.2) is 19.6 Å². The number of anilines is 1. The van der Waals surface area contributed by atoms with Crippen LogP contribution in [0.4, 0.5) is 18.9 Å². The van der Waals surface area contributed by atoms with Crippen LogP contribution in [0.2, 0.25) is 0 Å². The molecular formula is C42H46F3N7O6RuS. The second kappa shape index (κ2) is 31.6. The maximum atomic E-state index is 12.4. The fraction of sp³-hybridized carbons (Fsp3) is 0.190. The zero-order chi connectivity index (χ0) is 45.7. The number of nitrogens with one attached hydrogen (secondary N) is 4. The van der Waals surface area contributed by atoms with Crippen molar-refractivity contribution in [1.29, 1.82) is 5.26 Å². The Morgan fingerprint density at radius 1 is 0.950 bits per heavy atom. The first-order valence-electron chi connectivity index (χ1n) is 17.2. The molecule has 1 aliphatic heterocycles. The third-order valence-corrected chi connectivity index (χ3v) is 6.83. The minimum atomic E-state index is -4.35. The smallest absolute Gasteiger partial charge is 0.700 e. The number of benzene rings is 1. The number of carbonyl (C=O) groups is 3. The van der Waals surface area contributed by atoms with E-state index in [1.165, 1.54) is 24.5 Å². The van der Waals surface area contributed by atoms with Crippen LogP contribution >= 0.6 is 0 Å². The molecule has 7 N–H and O–H groups in total. The molecule has 0 radical (unpaired) electrons. The summed E-state index contributed by atoms with van der Waals surface area (Å²) in [5, 5.41) is 39.9. The maximum absolute atomic E-state index is 12.4. The number of aliphatic carboxylic acids is 3. The van der Waals surface area contributed by atoms with E-state index >= 15 is 0 Å². The van der Waals surface area contributed by atoms with Gasteiger partial charge in [-0.05, 0) is 43.8 Å². The molecule has 1 aromatic carbocycles. The van der Waals surface area contributed by atoms with E-state index in [9.17, 15) is 32.7 Å². The summed E-state index contributed by atoms with van der Waals surface area (Å²) in [7, 11) is 0. The largest absolute Gasteiger partial charge is 6.00 e. The van der Waals surface area contributed by atoms with E-state index in [0.29, 0.717) is 0 Å². The Hall–Kier alpha value is -6.41. The molecule has 1 heterocycles. The van der Waals surface area contributed by atoms with Crippen LogP contribution in [0.5, 0.6) is 0 Å². The number of hydrogen-bond acceptors (Lipinski definition) is 6. The van der Waals surface area contributed by atoms with Crippen LogP contribution in [0.25, 0.3) is 28.3 Å². The van der Waals surface area contributed by atoms with Crippen molar-refractivity contribution in [3.8, 4) is 5.40 Å². The third-order valence-electron chi connectivity index (χ3n) is 6.83. The van der Waals surface area contributed by atoms with E-state index in [-0.39, 0.29) is 54.0 Å². The normalized spacial score (nSPS) is 15.1. The Morgan fingerprint density at radius 2 is 1.47 bits per heavy atom. The van der Waals surface area contributed by atoms with Gasteiger partial charge in [0, 0.05) is 11.4 Å².